The molecule has 2 atom stereocenters. The highest BCUT2D eigenvalue weighted by molar-refractivity contribution is 7.90. The van der Waals surface area contributed by atoms with Crippen LogP contribution in [0.2, 0.25) is 0 Å². The number of aryl methyl sites for hydroxylation is 1. The SMILES string of the molecule is C[C@@H](N[S+]([O-])C(C)(C)C)c1cc(F)cc2c(=O)[nH]c(-c3cn(C)nc3C=O)cc12. The number of H-pyrrole nitrogens is 1. The quantitative estimate of drug-likeness (QED) is 0.490. The van der Waals surface area contributed by atoms with Gasteiger partial charge in [0.15, 0.2) is 6.29 Å². The van der Waals surface area contributed by atoms with Gasteiger partial charge in [-0.3, -0.25) is 14.3 Å². The summed E-state index contributed by atoms with van der Waals surface area (Å²) in [6.45, 7) is 7.26. The first-order chi connectivity index (χ1) is 13.5. The van der Waals surface area contributed by atoms with Gasteiger partial charge in [-0.15, -0.1) is 4.72 Å². The molecule has 2 heterocycles. The van der Waals surface area contributed by atoms with Gasteiger partial charge >= 0.3 is 0 Å². The number of carbonyl (C=O) groups is 1. The molecule has 154 valence electrons. The van der Waals surface area contributed by atoms with Crippen LogP contribution in [-0.2, 0) is 18.4 Å². The number of rotatable bonds is 5. The van der Waals surface area contributed by atoms with E-state index >= 15 is 0 Å². The minimum atomic E-state index is -1.38. The number of aromatic nitrogens is 3. The fourth-order valence-electron chi connectivity index (χ4n) is 3.06. The molecule has 0 saturated carbocycles. The highest BCUT2D eigenvalue weighted by atomic mass is 32.2. The zero-order valence-electron chi connectivity index (χ0n) is 16.9. The average molecular weight is 418 g/mol. The number of nitrogens with zero attached hydrogens (tertiary/aromatic N) is 2. The molecule has 1 unspecified atom stereocenters. The molecule has 0 spiro atoms. The van der Waals surface area contributed by atoms with E-state index in [1.807, 2.05) is 20.8 Å². The molecule has 0 bridgehead atoms. The number of halogens is 1. The van der Waals surface area contributed by atoms with Crippen molar-refractivity contribution in [1.29, 1.82) is 0 Å². The zero-order valence-corrected chi connectivity index (χ0v) is 17.7. The minimum absolute atomic E-state index is 0.176. The molecule has 29 heavy (non-hydrogen) atoms. The van der Waals surface area contributed by atoms with Gasteiger partial charge in [0.2, 0.25) is 0 Å². The van der Waals surface area contributed by atoms with E-state index in [0.29, 0.717) is 28.5 Å². The highest BCUT2D eigenvalue weighted by Gasteiger charge is 2.29. The number of benzene rings is 1. The van der Waals surface area contributed by atoms with Crippen LogP contribution in [0, 0.1) is 5.82 Å². The first-order valence-electron chi connectivity index (χ1n) is 9.05. The fraction of sp³-hybridized carbons (Fsp3) is 0.350. The molecule has 2 N–H and O–H groups in total. The van der Waals surface area contributed by atoms with Gasteiger partial charge in [0.1, 0.15) is 16.3 Å². The van der Waals surface area contributed by atoms with Gasteiger partial charge < -0.3 is 9.54 Å². The van der Waals surface area contributed by atoms with Crippen molar-refractivity contribution in [2.24, 2.45) is 7.05 Å². The second kappa shape index (κ2) is 7.74. The summed E-state index contributed by atoms with van der Waals surface area (Å²) in [6.07, 6.45) is 2.24. The Morgan fingerprint density at radius 1 is 1.31 bits per heavy atom. The number of aromatic amines is 1. The summed E-state index contributed by atoms with van der Waals surface area (Å²) in [5.74, 6) is -0.559. The Morgan fingerprint density at radius 3 is 2.62 bits per heavy atom. The van der Waals surface area contributed by atoms with Crippen LogP contribution in [0.4, 0.5) is 4.39 Å². The predicted octanol–water partition coefficient (Wildman–Crippen LogP) is 2.99. The van der Waals surface area contributed by atoms with Gasteiger partial charge in [0, 0.05) is 30.2 Å². The van der Waals surface area contributed by atoms with Crippen LogP contribution in [0.1, 0.15) is 49.8 Å². The van der Waals surface area contributed by atoms with E-state index in [1.165, 1.54) is 16.8 Å². The molecule has 0 radical (unpaired) electrons. The van der Waals surface area contributed by atoms with Crippen LogP contribution in [0.5, 0.6) is 0 Å². The summed E-state index contributed by atoms with van der Waals surface area (Å²) in [5, 5.41) is 4.75. The number of pyridine rings is 1. The lowest BCUT2D eigenvalue weighted by atomic mass is 9.99. The van der Waals surface area contributed by atoms with Gasteiger partial charge in [-0.25, -0.2) is 4.39 Å². The maximum Gasteiger partial charge on any atom is 0.256 e. The Balaban J connectivity index is 2.19. The Kier molecular flexibility index (Phi) is 5.66. The third kappa shape index (κ3) is 4.26. The lowest BCUT2D eigenvalue weighted by Crippen LogP contribution is -2.40. The van der Waals surface area contributed by atoms with E-state index in [2.05, 4.69) is 14.8 Å². The third-order valence-corrected chi connectivity index (χ3v) is 6.20. The van der Waals surface area contributed by atoms with Crippen LogP contribution in [0.15, 0.2) is 29.2 Å². The topological polar surface area (TPSA) is 103 Å². The molecular formula is C20H23FN4O3S. The van der Waals surface area contributed by atoms with E-state index in [-0.39, 0.29) is 11.1 Å². The normalized spacial score (nSPS) is 14.2. The van der Waals surface area contributed by atoms with Crippen LogP contribution in [0.3, 0.4) is 0 Å². The van der Waals surface area contributed by atoms with Gasteiger partial charge in [-0.1, -0.05) is 0 Å². The van der Waals surface area contributed by atoms with Crippen molar-refractivity contribution in [2.45, 2.75) is 38.5 Å². The number of nitrogens with one attached hydrogen (secondary N) is 2. The maximum atomic E-state index is 14.2. The van der Waals surface area contributed by atoms with E-state index in [1.54, 1.807) is 26.2 Å². The van der Waals surface area contributed by atoms with Crippen molar-refractivity contribution >= 4 is 28.4 Å². The minimum Gasteiger partial charge on any atom is -0.598 e. The second-order valence-corrected chi connectivity index (χ2v) is 9.91. The number of aldehydes is 1. The molecule has 3 rings (SSSR count). The largest absolute Gasteiger partial charge is 0.598 e. The van der Waals surface area contributed by atoms with Gasteiger partial charge in [0.25, 0.3) is 5.56 Å². The lowest BCUT2D eigenvalue weighted by molar-refractivity contribution is 0.111. The summed E-state index contributed by atoms with van der Waals surface area (Å²) >= 11 is -1.38. The van der Waals surface area contributed by atoms with Gasteiger partial charge in [-0.05, 0) is 56.8 Å². The summed E-state index contributed by atoms with van der Waals surface area (Å²) in [4.78, 5) is 26.7. The third-order valence-electron chi connectivity index (χ3n) is 4.52. The molecule has 0 amide bonds. The molecule has 0 aliphatic carbocycles. The average Bonchev–Trinajstić information content (AvgIpc) is 3.01. The van der Waals surface area contributed by atoms with Crippen molar-refractivity contribution in [1.82, 2.24) is 19.5 Å². The number of fused-ring (bicyclic) bond motifs is 1. The molecule has 3 aromatic rings. The zero-order chi connectivity index (χ0) is 21.5. The molecule has 9 heteroatoms. The molecular weight excluding hydrogens is 395 g/mol. The predicted molar refractivity (Wildman–Crippen MR) is 112 cm³/mol. The van der Waals surface area contributed by atoms with Crippen molar-refractivity contribution < 1.29 is 13.7 Å². The number of hydrogen-bond acceptors (Lipinski definition) is 5. The van der Waals surface area contributed by atoms with Crippen LogP contribution < -0.4 is 10.3 Å². The lowest BCUT2D eigenvalue weighted by Gasteiger charge is -2.27. The number of hydrogen-bond donors (Lipinski definition) is 2. The fourth-order valence-corrected chi connectivity index (χ4v) is 3.86. The van der Waals surface area contributed by atoms with E-state index in [4.69, 9.17) is 0 Å². The first-order valence-corrected chi connectivity index (χ1v) is 10.2. The Hall–Kier alpha value is -2.49. The van der Waals surface area contributed by atoms with Crippen LogP contribution in [-0.4, -0.2) is 30.4 Å². The molecule has 0 fully saturated rings. The monoisotopic (exact) mass is 418 g/mol. The van der Waals surface area contributed by atoms with E-state index in [9.17, 15) is 18.5 Å². The molecule has 2 aromatic heterocycles. The van der Waals surface area contributed by atoms with Crippen LogP contribution in [0.25, 0.3) is 22.0 Å². The smallest absolute Gasteiger partial charge is 0.256 e. The van der Waals surface area contributed by atoms with Crippen LogP contribution >= 0.6 is 0 Å². The molecule has 0 saturated heterocycles. The second-order valence-electron chi connectivity index (χ2n) is 7.91. The van der Waals surface area contributed by atoms with Crippen molar-refractivity contribution in [2.75, 3.05) is 0 Å². The standard InChI is InChI=1S/C20H23FN4O3S/c1-11(24-29(28)20(2,3)4)13-6-12(21)7-15-14(13)8-17(22-19(15)27)16-9-25(5)23-18(16)10-26/h6-11,24H,1-5H3,(H,22,27)/t11-,29?/m1/s1. The highest BCUT2D eigenvalue weighted by Crippen LogP contribution is 2.29. The molecule has 0 aliphatic heterocycles. The summed E-state index contributed by atoms with van der Waals surface area (Å²) in [5.41, 5.74) is 1.07. The van der Waals surface area contributed by atoms with E-state index < -0.39 is 33.5 Å². The molecule has 1 aromatic carbocycles. The first kappa shape index (κ1) is 21.2. The molecule has 7 nitrogen and oxygen atoms in total. The van der Waals surface area contributed by atoms with Gasteiger partial charge in [-0.2, -0.15) is 5.10 Å². The number of carbonyl (C=O) groups excluding carboxylic acids is 1. The van der Waals surface area contributed by atoms with Crippen molar-refractivity contribution in [3.8, 4) is 11.3 Å². The van der Waals surface area contributed by atoms with Crippen molar-refractivity contribution in [3.63, 3.8) is 0 Å². The summed E-state index contributed by atoms with van der Waals surface area (Å²) in [6, 6.07) is 3.70. The Morgan fingerprint density at radius 2 is 2.00 bits per heavy atom. The molecule has 0 aliphatic rings. The van der Waals surface area contributed by atoms with Gasteiger partial charge in [0.05, 0.1) is 17.1 Å². The Labute approximate surface area is 170 Å². The van der Waals surface area contributed by atoms with Crippen molar-refractivity contribution in [3.05, 3.63) is 51.8 Å². The van der Waals surface area contributed by atoms with E-state index in [0.717, 1.165) is 0 Å². The maximum absolute atomic E-state index is 14.2. The summed E-state index contributed by atoms with van der Waals surface area (Å²) in [7, 11) is 1.67. The summed E-state index contributed by atoms with van der Waals surface area (Å²) < 4.78 is 30.7. The Bertz CT molecular complexity index is 1130.